The summed E-state index contributed by atoms with van der Waals surface area (Å²) in [4.78, 5) is 0.698. The third kappa shape index (κ3) is 2.78. The van der Waals surface area contributed by atoms with Gasteiger partial charge < -0.3 is 9.47 Å². The number of benzene rings is 2. The molecule has 0 saturated carbocycles. The fourth-order valence-electron chi connectivity index (χ4n) is 2.87. The van der Waals surface area contributed by atoms with E-state index in [0.29, 0.717) is 42.0 Å². The molecule has 1 fully saturated rings. The summed E-state index contributed by atoms with van der Waals surface area (Å²) in [5.74, 6) is 0.677. The molecule has 1 spiro atoms. The summed E-state index contributed by atoms with van der Waals surface area (Å²) in [6.45, 7) is 2.07. The lowest BCUT2D eigenvalue weighted by molar-refractivity contribution is -0.165. The molecule has 120 valence electrons. The SMILES string of the molecule is O=S1c2ccccc2OC2(COC2)CN1Cc1ccccc1Cl. The predicted octanol–water partition coefficient (Wildman–Crippen LogP) is 3.03. The summed E-state index contributed by atoms with van der Waals surface area (Å²) in [6, 6.07) is 15.1. The molecule has 2 aliphatic rings. The van der Waals surface area contributed by atoms with Gasteiger partial charge >= 0.3 is 0 Å². The van der Waals surface area contributed by atoms with Gasteiger partial charge in [0.1, 0.15) is 16.7 Å². The monoisotopic (exact) mass is 349 g/mol. The van der Waals surface area contributed by atoms with Crippen LogP contribution >= 0.6 is 11.6 Å². The maximum Gasteiger partial charge on any atom is 0.169 e. The van der Waals surface area contributed by atoms with Crippen molar-refractivity contribution in [3.8, 4) is 5.75 Å². The van der Waals surface area contributed by atoms with Crippen LogP contribution in [0.3, 0.4) is 0 Å². The number of ether oxygens (including phenoxy) is 2. The molecule has 0 N–H and O–H groups in total. The standard InChI is InChI=1S/C17H16ClNO3S/c18-14-6-2-1-5-13(14)9-19-10-17(11-21-12-17)22-15-7-3-4-8-16(15)23(19)20/h1-8H,9-12H2. The zero-order valence-electron chi connectivity index (χ0n) is 12.4. The minimum Gasteiger partial charge on any atom is -0.480 e. The molecule has 2 aromatic rings. The molecule has 23 heavy (non-hydrogen) atoms. The molecule has 0 aromatic heterocycles. The molecule has 0 radical (unpaired) electrons. The van der Waals surface area contributed by atoms with Crippen LogP contribution < -0.4 is 4.74 Å². The van der Waals surface area contributed by atoms with E-state index in [2.05, 4.69) is 0 Å². The van der Waals surface area contributed by atoms with Gasteiger partial charge in [-0.2, -0.15) is 0 Å². The molecule has 2 aliphatic heterocycles. The molecule has 0 amide bonds. The number of rotatable bonds is 2. The van der Waals surface area contributed by atoms with Crippen LogP contribution in [-0.2, 0) is 22.3 Å². The zero-order valence-corrected chi connectivity index (χ0v) is 14.0. The van der Waals surface area contributed by atoms with E-state index in [9.17, 15) is 4.21 Å². The van der Waals surface area contributed by atoms with Crippen LogP contribution in [0.15, 0.2) is 53.4 Å². The van der Waals surface area contributed by atoms with Crippen molar-refractivity contribution in [2.75, 3.05) is 19.8 Å². The van der Waals surface area contributed by atoms with Gasteiger partial charge in [0, 0.05) is 11.6 Å². The summed E-state index contributed by atoms with van der Waals surface area (Å²) in [7, 11) is -1.30. The van der Waals surface area contributed by atoms with Gasteiger partial charge in [-0.15, -0.1) is 0 Å². The Hall–Kier alpha value is -1.40. The lowest BCUT2D eigenvalue weighted by atomic mass is 10.0. The molecule has 0 bridgehead atoms. The molecule has 0 aliphatic carbocycles. The second-order valence-corrected chi connectivity index (χ2v) is 7.72. The number of nitrogens with zero attached hydrogens (tertiary/aromatic N) is 1. The smallest absolute Gasteiger partial charge is 0.169 e. The Balaban J connectivity index is 1.71. The van der Waals surface area contributed by atoms with Crippen LogP contribution in [0.25, 0.3) is 0 Å². The largest absolute Gasteiger partial charge is 0.480 e. The summed E-state index contributed by atoms with van der Waals surface area (Å²) < 4.78 is 26.5. The zero-order chi connectivity index (χ0) is 15.9. The normalized spacial score (nSPS) is 22.7. The van der Waals surface area contributed by atoms with Gasteiger partial charge in [-0.3, -0.25) is 0 Å². The molecule has 6 heteroatoms. The molecular formula is C17H16ClNO3S. The second-order valence-electron chi connectivity index (χ2n) is 5.86. The highest BCUT2D eigenvalue weighted by atomic mass is 35.5. The number of hydrogen-bond donors (Lipinski definition) is 0. The lowest BCUT2D eigenvalue weighted by Gasteiger charge is -2.41. The van der Waals surface area contributed by atoms with Crippen molar-refractivity contribution in [1.29, 1.82) is 0 Å². The fraction of sp³-hybridized carbons (Fsp3) is 0.294. The molecular weight excluding hydrogens is 334 g/mol. The first-order valence-electron chi connectivity index (χ1n) is 7.43. The Morgan fingerprint density at radius 2 is 1.87 bits per heavy atom. The average Bonchev–Trinajstić information content (AvgIpc) is 2.65. The van der Waals surface area contributed by atoms with Crippen molar-refractivity contribution in [2.24, 2.45) is 0 Å². The maximum atomic E-state index is 13.1. The second kappa shape index (κ2) is 5.91. The van der Waals surface area contributed by atoms with Gasteiger partial charge in [0.15, 0.2) is 5.60 Å². The predicted molar refractivity (Wildman–Crippen MR) is 88.9 cm³/mol. The first-order valence-corrected chi connectivity index (χ1v) is 8.91. The van der Waals surface area contributed by atoms with Crippen LogP contribution in [-0.4, -0.2) is 33.9 Å². The van der Waals surface area contributed by atoms with E-state index in [-0.39, 0.29) is 0 Å². The van der Waals surface area contributed by atoms with Crippen LogP contribution in [0, 0.1) is 0 Å². The Kier molecular flexibility index (Phi) is 3.89. The Morgan fingerprint density at radius 1 is 1.13 bits per heavy atom. The van der Waals surface area contributed by atoms with E-state index in [4.69, 9.17) is 21.1 Å². The first kappa shape index (κ1) is 15.1. The number of halogens is 1. The molecule has 1 saturated heterocycles. The van der Waals surface area contributed by atoms with E-state index in [1.54, 1.807) is 0 Å². The topological polar surface area (TPSA) is 38.8 Å². The molecule has 4 nitrogen and oxygen atoms in total. The van der Waals surface area contributed by atoms with Gasteiger partial charge in [-0.25, -0.2) is 8.51 Å². The van der Waals surface area contributed by atoms with Crippen LogP contribution in [0.1, 0.15) is 5.56 Å². The van der Waals surface area contributed by atoms with Gasteiger partial charge in [0.25, 0.3) is 0 Å². The van der Waals surface area contributed by atoms with E-state index in [0.717, 1.165) is 5.56 Å². The van der Waals surface area contributed by atoms with Crippen molar-refractivity contribution < 1.29 is 13.7 Å². The highest BCUT2D eigenvalue weighted by Crippen LogP contribution is 2.36. The first-order chi connectivity index (χ1) is 11.2. The minimum absolute atomic E-state index is 0.427. The average molecular weight is 350 g/mol. The van der Waals surface area contributed by atoms with Crippen molar-refractivity contribution in [3.05, 3.63) is 59.1 Å². The van der Waals surface area contributed by atoms with E-state index in [1.165, 1.54) is 0 Å². The molecule has 1 atom stereocenters. The fourth-order valence-corrected chi connectivity index (χ4v) is 4.43. The number of fused-ring (bicyclic) bond motifs is 1. The van der Waals surface area contributed by atoms with Gasteiger partial charge in [-0.05, 0) is 23.8 Å². The summed E-state index contributed by atoms with van der Waals surface area (Å²) in [6.07, 6.45) is 0. The van der Waals surface area contributed by atoms with Crippen molar-refractivity contribution >= 4 is 22.6 Å². The summed E-state index contributed by atoms with van der Waals surface area (Å²) in [5.41, 5.74) is 0.529. The summed E-state index contributed by atoms with van der Waals surface area (Å²) >= 11 is 6.27. The highest BCUT2D eigenvalue weighted by Gasteiger charge is 2.46. The summed E-state index contributed by atoms with van der Waals surface area (Å²) in [5, 5.41) is 0.682. The highest BCUT2D eigenvalue weighted by molar-refractivity contribution is 7.82. The lowest BCUT2D eigenvalue weighted by Crippen LogP contribution is -2.60. The van der Waals surface area contributed by atoms with Crippen LogP contribution in [0.4, 0.5) is 0 Å². The van der Waals surface area contributed by atoms with Gasteiger partial charge in [0.2, 0.25) is 0 Å². The Morgan fingerprint density at radius 3 is 2.61 bits per heavy atom. The Labute approximate surface area is 142 Å². The quantitative estimate of drug-likeness (QED) is 0.836. The van der Waals surface area contributed by atoms with Crippen molar-refractivity contribution in [1.82, 2.24) is 4.31 Å². The van der Waals surface area contributed by atoms with Gasteiger partial charge in [-0.1, -0.05) is 41.9 Å². The van der Waals surface area contributed by atoms with Gasteiger partial charge in [0.05, 0.1) is 24.7 Å². The Bertz CT molecular complexity index is 763. The van der Waals surface area contributed by atoms with E-state index >= 15 is 0 Å². The van der Waals surface area contributed by atoms with Crippen molar-refractivity contribution in [3.63, 3.8) is 0 Å². The molecule has 4 rings (SSSR count). The molecule has 1 unspecified atom stereocenters. The van der Waals surface area contributed by atoms with E-state index in [1.807, 2.05) is 52.8 Å². The van der Waals surface area contributed by atoms with Crippen molar-refractivity contribution in [2.45, 2.75) is 17.0 Å². The maximum absolute atomic E-state index is 13.1. The number of hydrogen-bond acceptors (Lipinski definition) is 3. The molecule has 2 aromatic carbocycles. The van der Waals surface area contributed by atoms with Crippen LogP contribution in [0.2, 0.25) is 5.02 Å². The minimum atomic E-state index is -1.30. The third-order valence-electron chi connectivity index (χ3n) is 4.10. The molecule has 2 heterocycles. The van der Waals surface area contributed by atoms with E-state index < -0.39 is 16.6 Å². The third-order valence-corrected chi connectivity index (χ3v) is 5.91. The van der Waals surface area contributed by atoms with Crippen LogP contribution in [0.5, 0.6) is 5.75 Å². The number of para-hydroxylation sites is 1.